The highest BCUT2D eigenvalue weighted by Gasteiger charge is 2.43. The van der Waals surface area contributed by atoms with Gasteiger partial charge in [-0.05, 0) is 24.1 Å². The van der Waals surface area contributed by atoms with Crippen molar-refractivity contribution in [2.24, 2.45) is 0 Å². The molecule has 0 aromatic heterocycles. The lowest BCUT2D eigenvalue weighted by Crippen LogP contribution is -2.34. The molecule has 1 amide bonds. The summed E-state index contributed by atoms with van der Waals surface area (Å²) in [6, 6.07) is 18.0. The van der Waals surface area contributed by atoms with E-state index in [0.717, 1.165) is 16.8 Å². The van der Waals surface area contributed by atoms with E-state index in [1.165, 1.54) is 0 Å². The van der Waals surface area contributed by atoms with Crippen LogP contribution in [0.1, 0.15) is 18.1 Å². The maximum atomic E-state index is 12.6. The normalized spacial score (nSPS) is 21.5. The Bertz CT molecular complexity index is 675. The fourth-order valence-electron chi connectivity index (χ4n) is 2.77. The van der Waals surface area contributed by atoms with E-state index in [4.69, 9.17) is 0 Å². The minimum absolute atomic E-state index is 0.117. The molecular formula is C18H17NO. The number of hydrogen-bond donors (Lipinski definition) is 0. The summed E-state index contributed by atoms with van der Waals surface area (Å²) in [6.07, 6.45) is 4.03. The van der Waals surface area contributed by atoms with Gasteiger partial charge in [-0.2, -0.15) is 0 Å². The van der Waals surface area contributed by atoms with E-state index in [0.29, 0.717) is 0 Å². The molecule has 0 saturated carbocycles. The molecule has 1 unspecified atom stereocenters. The van der Waals surface area contributed by atoms with E-state index < -0.39 is 5.41 Å². The average molecular weight is 263 g/mol. The summed E-state index contributed by atoms with van der Waals surface area (Å²) in [7, 11) is 1.84. The molecule has 1 aliphatic heterocycles. The lowest BCUT2D eigenvalue weighted by molar-refractivity contribution is -0.120. The molecule has 0 spiro atoms. The molecule has 1 heterocycles. The van der Waals surface area contributed by atoms with Crippen LogP contribution in [0.4, 0.5) is 5.69 Å². The molecule has 0 N–H and O–H groups in total. The van der Waals surface area contributed by atoms with Gasteiger partial charge in [0.05, 0.1) is 5.41 Å². The van der Waals surface area contributed by atoms with Gasteiger partial charge in [0.2, 0.25) is 5.91 Å². The first-order valence-electron chi connectivity index (χ1n) is 6.75. The number of likely N-dealkylation sites (N-methyl/N-ethyl adjacent to an activating group) is 1. The predicted molar refractivity (Wildman–Crippen MR) is 82.7 cm³/mol. The maximum Gasteiger partial charge on any atom is 0.241 e. The summed E-state index contributed by atoms with van der Waals surface area (Å²) in [5, 5.41) is 0. The number of para-hydroxylation sites is 1. The first-order chi connectivity index (χ1) is 9.63. The van der Waals surface area contributed by atoms with Crippen LogP contribution in [0.25, 0.3) is 6.08 Å². The molecule has 2 nitrogen and oxygen atoms in total. The fraction of sp³-hybridized carbons (Fsp3) is 0.167. The third kappa shape index (κ3) is 1.85. The molecule has 2 aromatic carbocycles. The molecule has 2 aromatic rings. The van der Waals surface area contributed by atoms with Gasteiger partial charge in [-0.3, -0.25) is 4.79 Å². The number of nitrogens with zero attached hydrogens (tertiary/aromatic N) is 1. The molecule has 0 bridgehead atoms. The van der Waals surface area contributed by atoms with Gasteiger partial charge in [0.15, 0.2) is 0 Å². The molecule has 3 rings (SSSR count). The molecule has 1 aliphatic rings. The molecule has 100 valence electrons. The fourth-order valence-corrected chi connectivity index (χ4v) is 2.77. The van der Waals surface area contributed by atoms with E-state index in [9.17, 15) is 4.79 Å². The van der Waals surface area contributed by atoms with Gasteiger partial charge >= 0.3 is 0 Å². The summed E-state index contributed by atoms with van der Waals surface area (Å²) in [6.45, 7) is 1.98. The van der Waals surface area contributed by atoms with Crippen molar-refractivity contribution in [3.05, 3.63) is 71.8 Å². The summed E-state index contributed by atoms with van der Waals surface area (Å²) >= 11 is 0. The predicted octanol–water partition coefficient (Wildman–Crippen LogP) is 3.63. The van der Waals surface area contributed by atoms with E-state index in [1.54, 1.807) is 4.90 Å². The lowest BCUT2D eigenvalue weighted by Gasteiger charge is -2.18. The summed E-state index contributed by atoms with van der Waals surface area (Å²) in [5.41, 5.74) is 2.59. The SMILES string of the molecule is CN1C(=O)C(C)(/C=C/c2ccccc2)c2ccccc21. The highest BCUT2D eigenvalue weighted by Crippen LogP contribution is 2.41. The topological polar surface area (TPSA) is 20.3 Å². The standard InChI is InChI=1S/C18H17NO/c1-18(13-12-14-8-4-3-5-9-14)15-10-6-7-11-16(15)19(2)17(18)20/h3-13H,1-2H3/b13-12+. The molecular weight excluding hydrogens is 246 g/mol. The average Bonchev–Trinajstić information content (AvgIpc) is 2.69. The number of amides is 1. The van der Waals surface area contributed by atoms with Crippen LogP contribution in [-0.4, -0.2) is 13.0 Å². The van der Waals surface area contributed by atoms with E-state index in [1.807, 2.05) is 80.7 Å². The van der Waals surface area contributed by atoms with Gasteiger partial charge in [0.1, 0.15) is 0 Å². The van der Waals surface area contributed by atoms with Crippen molar-refractivity contribution in [3.63, 3.8) is 0 Å². The highest BCUT2D eigenvalue weighted by molar-refractivity contribution is 6.09. The third-order valence-electron chi connectivity index (χ3n) is 3.98. The first kappa shape index (κ1) is 12.7. The van der Waals surface area contributed by atoms with Crippen LogP contribution in [0.2, 0.25) is 0 Å². The van der Waals surface area contributed by atoms with Gasteiger partial charge < -0.3 is 4.90 Å². The Morgan fingerprint density at radius 1 is 1.00 bits per heavy atom. The third-order valence-corrected chi connectivity index (χ3v) is 3.98. The Morgan fingerprint density at radius 3 is 2.40 bits per heavy atom. The molecule has 0 radical (unpaired) electrons. The van der Waals surface area contributed by atoms with Crippen LogP contribution >= 0.6 is 0 Å². The van der Waals surface area contributed by atoms with E-state index in [2.05, 4.69) is 0 Å². The number of hydrogen-bond acceptors (Lipinski definition) is 1. The molecule has 0 saturated heterocycles. The monoisotopic (exact) mass is 263 g/mol. The second-order valence-corrected chi connectivity index (χ2v) is 5.33. The molecule has 1 atom stereocenters. The van der Waals surface area contributed by atoms with Crippen molar-refractivity contribution in [2.45, 2.75) is 12.3 Å². The van der Waals surface area contributed by atoms with Crippen LogP contribution in [0.15, 0.2) is 60.7 Å². The van der Waals surface area contributed by atoms with Crippen molar-refractivity contribution < 1.29 is 4.79 Å². The Morgan fingerprint density at radius 2 is 1.65 bits per heavy atom. The zero-order valence-electron chi connectivity index (χ0n) is 11.7. The Balaban J connectivity index is 2.04. The second kappa shape index (κ2) is 4.64. The summed E-state index contributed by atoms with van der Waals surface area (Å²) in [5.74, 6) is 0.117. The largest absolute Gasteiger partial charge is 0.314 e. The smallest absolute Gasteiger partial charge is 0.241 e. The van der Waals surface area contributed by atoms with E-state index >= 15 is 0 Å². The molecule has 20 heavy (non-hydrogen) atoms. The quantitative estimate of drug-likeness (QED) is 0.810. The lowest BCUT2D eigenvalue weighted by atomic mass is 9.83. The van der Waals surface area contributed by atoms with E-state index in [-0.39, 0.29) is 5.91 Å². The minimum atomic E-state index is -0.582. The van der Waals surface area contributed by atoms with Gasteiger partial charge in [0, 0.05) is 12.7 Å². The maximum absolute atomic E-state index is 12.6. The summed E-state index contributed by atoms with van der Waals surface area (Å²) < 4.78 is 0. The van der Waals surface area contributed by atoms with Gasteiger partial charge in [0.25, 0.3) is 0 Å². The zero-order chi connectivity index (χ0) is 14.2. The van der Waals surface area contributed by atoms with Gasteiger partial charge in [-0.25, -0.2) is 0 Å². The Kier molecular flexibility index (Phi) is 2.94. The Hall–Kier alpha value is -2.35. The molecule has 0 aliphatic carbocycles. The van der Waals surface area contributed by atoms with Crippen molar-refractivity contribution in [3.8, 4) is 0 Å². The number of rotatable bonds is 2. The number of anilines is 1. The van der Waals surface area contributed by atoms with Crippen molar-refractivity contribution in [1.29, 1.82) is 0 Å². The summed E-state index contributed by atoms with van der Waals surface area (Å²) in [4.78, 5) is 14.3. The van der Waals surface area contributed by atoms with Crippen LogP contribution in [0.5, 0.6) is 0 Å². The number of carbonyl (C=O) groups excluding carboxylic acids is 1. The molecule has 0 fully saturated rings. The second-order valence-electron chi connectivity index (χ2n) is 5.33. The van der Waals surface area contributed by atoms with Crippen LogP contribution < -0.4 is 4.90 Å². The van der Waals surface area contributed by atoms with Crippen molar-refractivity contribution in [2.75, 3.05) is 11.9 Å². The first-order valence-corrected chi connectivity index (χ1v) is 6.75. The van der Waals surface area contributed by atoms with Crippen LogP contribution in [0.3, 0.4) is 0 Å². The zero-order valence-corrected chi connectivity index (χ0v) is 11.7. The highest BCUT2D eigenvalue weighted by atomic mass is 16.2. The number of benzene rings is 2. The van der Waals surface area contributed by atoms with Crippen molar-refractivity contribution >= 4 is 17.7 Å². The van der Waals surface area contributed by atoms with Crippen LogP contribution in [-0.2, 0) is 10.2 Å². The number of fused-ring (bicyclic) bond motifs is 1. The molecule has 2 heteroatoms. The minimum Gasteiger partial charge on any atom is -0.314 e. The van der Waals surface area contributed by atoms with Gasteiger partial charge in [-0.15, -0.1) is 0 Å². The Labute approximate surface area is 119 Å². The van der Waals surface area contributed by atoms with Crippen molar-refractivity contribution in [1.82, 2.24) is 0 Å². The van der Waals surface area contributed by atoms with Gasteiger partial charge in [-0.1, -0.05) is 60.7 Å². The van der Waals surface area contributed by atoms with Crippen LogP contribution in [0, 0.1) is 0 Å². The number of carbonyl (C=O) groups is 1.